The van der Waals surface area contributed by atoms with E-state index in [1.54, 1.807) is 19.2 Å². The SMILES string of the molecule is C=CCN1[C@@H](C(=O)N(C)OC)CC[C@H]1c1cccc(F)c1. The molecule has 0 bridgehead atoms. The molecule has 0 unspecified atom stereocenters. The lowest BCUT2D eigenvalue weighted by Gasteiger charge is -2.30. The van der Waals surface area contributed by atoms with Crippen LogP contribution in [-0.4, -0.2) is 42.6 Å². The van der Waals surface area contributed by atoms with E-state index in [2.05, 4.69) is 11.5 Å². The van der Waals surface area contributed by atoms with Gasteiger partial charge in [0.25, 0.3) is 5.91 Å². The molecule has 2 rings (SSSR count). The Morgan fingerprint density at radius 3 is 2.95 bits per heavy atom. The summed E-state index contributed by atoms with van der Waals surface area (Å²) in [6.07, 6.45) is 3.30. The van der Waals surface area contributed by atoms with E-state index in [4.69, 9.17) is 4.84 Å². The molecule has 0 saturated carbocycles. The average molecular weight is 292 g/mol. The van der Waals surface area contributed by atoms with Crippen LogP contribution in [0.3, 0.4) is 0 Å². The van der Waals surface area contributed by atoms with E-state index in [-0.39, 0.29) is 23.8 Å². The smallest absolute Gasteiger partial charge is 0.263 e. The number of amides is 1. The van der Waals surface area contributed by atoms with Crippen molar-refractivity contribution in [1.82, 2.24) is 9.96 Å². The number of nitrogens with zero attached hydrogens (tertiary/aromatic N) is 2. The van der Waals surface area contributed by atoms with Crippen LogP contribution in [0.4, 0.5) is 4.39 Å². The van der Waals surface area contributed by atoms with Gasteiger partial charge >= 0.3 is 0 Å². The Kier molecular flexibility index (Phi) is 5.09. The molecule has 114 valence electrons. The summed E-state index contributed by atoms with van der Waals surface area (Å²) >= 11 is 0. The normalized spacial score (nSPS) is 22.2. The number of rotatable bonds is 5. The van der Waals surface area contributed by atoms with E-state index in [0.29, 0.717) is 6.54 Å². The second-order valence-electron chi connectivity index (χ2n) is 5.17. The van der Waals surface area contributed by atoms with Crippen LogP contribution in [0.5, 0.6) is 0 Å². The molecule has 1 amide bonds. The Hall–Kier alpha value is -1.72. The summed E-state index contributed by atoms with van der Waals surface area (Å²) in [4.78, 5) is 19.4. The molecule has 0 spiro atoms. The van der Waals surface area contributed by atoms with Gasteiger partial charge in [0, 0.05) is 19.6 Å². The van der Waals surface area contributed by atoms with Crippen molar-refractivity contribution in [1.29, 1.82) is 0 Å². The molecule has 0 aliphatic carbocycles. The Morgan fingerprint density at radius 1 is 1.57 bits per heavy atom. The molecule has 4 nitrogen and oxygen atoms in total. The molecule has 0 radical (unpaired) electrons. The summed E-state index contributed by atoms with van der Waals surface area (Å²) < 4.78 is 13.4. The summed E-state index contributed by atoms with van der Waals surface area (Å²) in [5.41, 5.74) is 0.896. The van der Waals surface area contributed by atoms with Gasteiger partial charge in [-0.15, -0.1) is 6.58 Å². The van der Waals surface area contributed by atoms with Gasteiger partial charge in [0.05, 0.1) is 13.2 Å². The standard InChI is InChI=1S/C16H21FN2O2/c1-4-10-19-14(12-6-5-7-13(17)11-12)8-9-15(19)16(20)18(2)21-3/h4-7,11,14-15H,1,8-10H2,2-3H3/t14-,15+/m0/s1. The van der Waals surface area contributed by atoms with Crippen LogP contribution in [0, 0.1) is 5.82 Å². The van der Waals surface area contributed by atoms with Gasteiger partial charge in [-0.2, -0.15) is 0 Å². The number of hydrogen-bond acceptors (Lipinski definition) is 3. The fraction of sp³-hybridized carbons (Fsp3) is 0.438. The number of benzene rings is 1. The predicted molar refractivity (Wildman–Crippen MR) is 78.8 cm³/mol. The highest BCUT2D eigenvalue weighted by atomic mass is 19.1. The zero-order valence-corrected chi connectivity index (χ0v) is 12.5. The van der Waals surface area contributed by atoms with Gasteiger partial charge in [0.2, 0.25) is 0 Å². The van der Waals surface area contributed by atoms with Crippen molar-refractivity contribution in [3.05, 3.63) is 48.3 Å². The van der Waals surface area contributed by atoms with E-state index >= 15 is 0 Å². The van der Waals surface area contributed by atoms with Gasteiger partial charge in [0.15, 0.2) is 0 Å². The molecule has 5 heteroatoms. The van der Waals surface area contributed by atoms with E-state index in [1.807, 2.05) is 6.07 Å². The topological polar surface area (TPSA) is 32.8 Å². The molecular weight excluding hydrogens is 271 g/mol. The van der Waals surface area contributed by atoms with Crippen LogP contribution in [0.1, 0.15) is 24.4 Å². The third-order valence-corrected chi connectivity index (χ3v) is 3.96. The summed E-state index contributed by atoms with van der Waals surface area (Å²) in [7, 11) is 3.07. The van der Waals surface area contributed by atoms with Crippen LogP contribution < -0.4 is 0 Å². The fourth-order valence-corrected chi connectivity index (χ4v) is 2.91. The molecule has 1 saturated heterocycles. The highest BCUT2D eigenvalue weighted by molar-refractivity contribution is 5.81. The number of likely N-dealkylation sites (tertiary alicyclic amines) is 1. The minimum atomic E-state index is -0.263. The van der Waals surface area contributed by atoms with Crippen molar-refractivity contribution < 1.29 is 14.0 Å². The largest absolute Gasteiger partial charge is 0.281 e. The molecule has 2 atom stereocenters. The van der Waals surface area contributed by atoms with Crippen LogP contribution in [0.25, 0.3) is 0 Å². The predicted octanol–water partition coefficient (Wildman–Crippen LogP) is 2.54. The molecular formula is C16H21FN2O2. The first-order chi connectivity index (χ1) is 10.1. The minimum absolute atomic E-state index is 0.0258. The van der Waals surface area contributed by atoms with Crippen LogP contribution in [0.2, 0.25) is 0 Å². The first kappa shape index (κ1) is 15.7. The Morgan fingerprint density at radius 2 is 2.33 bits per heavy atom. The minimum Gasteiger partial charge on any atom is -0.281 e. The molecule has 1 heterocycles. The zero-order chi connectivity index (χ0) is 15.4. The zero-order valence-electron chi connectivity index (χ0n) is 12.5. The lowest BCUT2D eigenvalue weighted by Crippen LogP contribution is -2.44. The van der Waals surface area contributed by atoms with Crippen LogP contribution >= 0.6 is 0 Å². The van der Waals surface area contributed by atoms with Crippen molar-refractivity contribution in [2.24, 2.45) is 0 Å². The third kappa shape index (κ3) is 3.31. The van der Waals surface area contributed by atoms with Crippen molar-refractivity contribution in [2.45, 2.75) is 24.9 Å². The Bertz CT molecular complexity index is 521. The highest BCUT2D eigenvalue weighted by Gasteiger charge is 2.39. The maximum absolute atomic E-state index is 13.4. The summed E-state index contributed by atoms with van der Waals surface area (Å²) in [5.74, 6) is -0.340. The van der Waals surface area contributed by atoms with E-state index in [1.165, 1.54) is 24.3 Å². The van der Waals surface area contributed by atoms with Gasteiger partial charge in [-0.05, 0) is 30.5 Å². The maximum atomic E-state index is 13.4. The van der Waals surface area contributed by atoms with Crippen molar-refractivity contribution >= 4 is 5.91 Å². The number of hydrogen-bond donors (Lipinski definition) is 0. The van der Waals surface area contributed by atoms with Crippen molar-refractivity contribution in [2.75, 3.05) is 20.7 Å². The molecule has 1 aliphatic heterocycles. The first-order valence-electron chi connectivity index (χ1n) is 7.02. The molecule has 1 aliphatic rings. The second kappa shape index (κ2) is 6.83. The second-order valence-corrected chi connectivity index (χ2v) is 5.17. The molecule has 1 aromatic carbocycles. The van der Waals surface area contributed by atoms with Crippen LogP contribution in [0.15, 0.2) is 36.9 Å². The Balaban J connectivity index is 2.24. The summed E-state index contributed by atoms with van der Waals surface area (Å²) in [5, 5.41) is 1.24. The fourth-order valence-electron chi connectivity index (χ4n) is 2.91. The van der Waals surface area contributed by atoms with Gasteiger partial charge in [-0.3, -0.25) is 14.5 Å². The van der Waals surface area contributed by atoms with Crippen LogP contribution in [-0.2, 0) is 9.63 Å². The molecule has 1 fully saturated rings. The van der Waals surface area contributed by atoms with Crippen molar-refractivity contribution in [3.8, 4) is 0 Å². The van der Waals surface area contributed by atoms with E-state index in [0.717, 1.165) is 18.4 Å². The monoisotopic (exact) mass is 292 g/mol. The van der Waals surface area contributed by atoms with Gasteiger partial charge in [0.1, 0.15) is 5.82 Å². The molecule has 21 heavy (non-hydrogen) atoms. The number of carbonyl (C=O) groups is 1. The van der Waals surface area contributed by atoms with Crippen molar-refractivity contribution in [3.63, 3.8) is 0 Å². The number of halogens is 1. The van der Waals surface area contributed by atoms with Gasteiger partial charge < -0.3 is 0 Å². The molecule has 0 aromatic heterocycles. The molecule has 1 aromatic rings. The Labute approximate surface area is 124 Å². The molecule has 0 N–H and O–H groups in total. The number of hydroxylamine groups is 2. The highest BCUT2D eigenvalue weighted by Crippen LogP contribution is 2.36. The quantitative estimate of drug-likeness (QED) is 0.617. The third-order valence-electron chi connectivity index (χ3n) is 3.96. The lowest BCUT2D eigenvalue weighted by molar-refractivity contribution is -0.173. The van der Waals surface area contributed by atoms with Gasteiger partial charge in [-0.25, -0.2) is 9.45 Å². The average Bonchev–Trinajstić information content (AvgIpc) is 2.89. The van der Waals surface area contributed by atoms with E-state index < -0.39 is 0 Å². The number of likely N-dealkylation sites (N-methyl/N-ethyl adjacent to an activating group) is 1. The summed E-state index contributed by atoms with van der Waals surface area (Å²) in [6.45, 7) is 4.34. The number of carbonyl (C=O) groups excluding carboxylic acids is 1. The maximum Gasteiger partial charge on any atom is 0.263 e. The van der Waals surface area contributed by atoms with Gasteiger partial charge in [-0.1, -0.05) is 18.2 Å². The lowest BCUT2D eigenvalue weighted by atomic mass is 10.0. The summed E-state index contributed by atoms with van der Waals surface area (Å²) in [6, 6.07) is 6.33. The van der Waals surface area contributed by atoms with E-state index in [9.17, 15) is 9.18 Å². The first-order valence-corrected chi connectivity index (χ1v) is 7.02.